The third-order valence-electron chi connectivity index (χ3n) is 1.62. The number of amides is 1. The van der Waals surface area contributed by atoms with Gasteiger partial charge in [-0.2, -0.15) is 0 Å². The van der Waals surface area contributed by atoms with Crippen LogP contribution in [0.15, 0.2) is 18.3 Å². The van der Waals surface area contributed by atoms with Crippen molar-refractivity contribution in [2.24, 2.45) is 0 Å². The van der Waals surface area contributed by atoms with E-state index in [0.717, 1.165) is 0 Å². The molecule has 1 atom stereocenters. The van der Waals surface area contributed by atoms with E-state index in [-0.39, 0.29) is 5.91 Å². The Morgan fingerprint density at radius 3 is 3.18 bits per heavy atom. The molecule has 0 radical (unpaired) electrons. The molecule has 0 saturated carbocycles. The van der Waals surface area contributed by atoms with Crippen molar-refractivity contribution < 1.29 is 9.90 Å². The number of fused-ring (bicyclic) bond motifs is 1. The zero-order valence-electron chi connectivity index (χ0n) is 5.61. The third kappa shape index (κ3) is 0.798. The Morgan fingerprint density at radius 1 is 1.64 bits per heavy atom. The van der Waals surface area contributed by atoms with E-state index in [9.17, 15) is 9.90 Å². The zero-order valence-corrected chi connectivity index (χ0v) is 5.61. The van der Waals surface area contributed by atoms with Gasteiger partial charge in [0.25, 0.3) is 5.91 Å². The summed E-state index contributed by atoms with van der Waals surface area (Å²) in [6, 6.07) is 3.35. The SMILES string of the molecule is O=C1N[C@@H](O)c2cccnc21. The van der Waals surface area contributed by atoms with Crippen LogP contribution in [-0.2, 0) is 0 Å². The summed E-state index contributed by atoms with van der Waals surface area (Å²) >= 11 is 0. The van der Waals surface area contributed by atoms with Crippen molar-refractivity contribution in [2.75, 3.05) is 0 Å². The first-order valence-corrected chi connectivity index (χ1v) is 3.23. The van der Waals surface area contributed by atoms with Crippen molar-refractivity contribution in [1.29, 1.82) is 0 Å². The number of nitrogens with zero attached hydrogens (tertiary/aromatic N) is 1. The lowest BCUT2D eigenvalue weighted by Gasteiger charge is -1.99. The van der Waals surface area contributed by atoms with Crippen molar-refractivity contribution in [3.63, 3.8) is 0 Å². The van der Waals surface area contributed by atoms with Crippen LogP contribution < -0.4 is 5.32 Å². The average molecular weight is 150 g/mol. The summed E-state index contributed by atoms with van der Waals surface area (Å²) in [5.41, 5.74) is 0.873. The molecule has 0 unspecified atom stereocenters. The number of aliphatic hydroxyl groups excluding tert-OH is 1. The Kier molecular flexibility index (Phi) is 1.16. The number of hydrogen-bond acceptors (Lipinski definition) is 3. The van der Waals surface area contributed by atoms with Gasteiger partial charge in [-0.15, -0.1) is 0 Å². The highest BCUT2D eigenvalue weighted by atomic mass is 16.3. The highest BCUT2D eigenvalue weighted by Gasteiger charge is 2.27. The number of aromatic nitrogens is 1. The largest absolute Gasteiger partial charge is 0.369 e. The second-order valence-corrected chi connectivity index (χ2v) is 2.32. The van der Waals surface area contributed by atoms with E-state index in [1.807, 2.05) is 0 Å². The van der Waals surface area contributed by atoms with Gasteiger partial charge >= 0.3 is 0 Å². The molecular weight excluding hydrogens is 144 g/mol. The molecule has 1 aliphatic heterocycles. The first-order chi connectivity index (χ1) is 5.29. The number of hydrogen-bond donors (Lipinski definition) is 2. The van der Waals surface area contributed by atoms with Gasteiger partial charge in [0.1, 0.15) is 5.69 Å². The fourth-order valence-electron chi connectivity index (χ4n) is 1.10. The molecule has 4 nitrogen and oxygen atoms in total. The Balaban J connectivity index is 2.60. The van der Waals surface area contributed by atoms with Gasteiger partial charge in [-0.1, -0.05) is 6.07 Å². The number of pyridine rings is 1. The van der Waals surface area contributed by atoms with E-state index in [0.29, 0.717) is 11.3 Å². The molecular formula is C7H6N2O2. The molecule has 2 rings (SSSR count). The van der Waals surface area contributed by atoms with Crippen LogP contribution in [0.25, 0.3) is 0 Å². The predicted octanol–water partition coefficient (Wildman–Crippen LogP) is -0.184. The van der Waals surface area contributed by atoms with E-state index in [2.05, 4.69) is 10.3 Å². The maximum absolute atomic E-state index is 10.9. The fourth-order valence-corrected chi connectivity index (χ4v) is 1.10. The molecule has 1 amide bonds. The summed E-state index contributed by atoms with van der Waals surface area (Å²) in [5.74, 6) is -0.312. The Bertz CT molecular complexity index is 311. The van der Waals surface area contributed by atoms with E-state index < -0.39 is 6.23 Å². The average Bonchev–Trinajstić information content (AvgIpc) is 2.30. The van der Waals surface area contributed by atoms with E-state index in [1.165, 1.54) is 6.20 Å². The maximum Gasteiger partial charge on any atom is 0.272 e. The van der Waals surface area contributed by atoms with Gasteiger partial charge in [0, 0.05) is 11.8 Å². The standard InChI is InChI=1S/C7H6N2O2/c10-6-4-2-1-3-8-5(4)7(11)9-6/h1-3,6,10H,(H,9,11)/t6-/m0/s1. The molecule has 1 aliphatic rings. The van der Waals surface area contributed by atoms with Gasteiger partial charge in [0.2, 0.25) is 0 Å². The Labute approximate surface area is 62.9 Å². The van der Waals surface area contributed by atoms with Crippen LogP contribution in [0.1, 0.15) is 22.3 Å². The van der Waals surface area contributed by atoms with Crippen molar-refractivity contribution in [1.82, 2.24) is 10.3 Å². The molecule has 1 aromatic rings. The van der Waals surface area contributed by atoms with E-state index >= 15 is 0 Å². The summed E-state index contributed by atoms with van der Waals surface area (Å²) < 4.78 is 0. The van der Waals surface area contributed by atoms with Crippen LogP contribution in [0.5, 0.6) is 0 Å². The van der Waals surface area contributed by atoms with Crippen LogP contribution in [0, 0.1) is 0 Å². The Morgan fingerprint density at radius 2 is 2.45 bits per heavy atom. The molecule has 0 saturated heterocycles. The van der Waals surface area contributed by atoms with Crippen LogP contribution in [-0.4, -0.2) is 16.0 Å². The number of carbonyl (C=O) groups excluding carboxylic acids is 1. The van der Waals surface area contributed by atoms with Crippen molar-refractivity contribution in [2.45, 2.75) is 6.23 Å². The van der Waals surface area contributed by atoms with Gasteiger partial charge in [-0.25, -0.2) is 0 Å². The molecule has 0 fully saturated rings. The van der Waals surface area contributed by atoms with Crippen LogP contribution in [0.2, 0.25) is 0 Å². The van der Waals surface area contributed by atoms with Crippen molar-refractivity contribution >= 4 is 5.91 Å². The fraction of sp³-hybridized carbons (Fsp3) is 0.143. The smallest absolute Gasteiger partial charge is 0.272 e. The summed E-state index contributed by atoms with van der Waals surface area (Å²) in [6.45, 7) is 0. The minimum absolute atomic E-state index is 0.312. The van der Waals surface area contributed by atoms with Gasteiger partial charge < -0.3 is 10.4 Å². The topological polar surface area (TPSA) is 62.2 Å². The lowest BCUT2D eigenvalue weighted by Crippen LogP contribution is -2.18. The molecule has 2 N–H and O–H groups in total. The number of nitrogens with one attached hydrogen (secondary N) is 1. The minimum atomic E-state index is -0.883. The molecule has 0 bridgehead atoms. The van der Waals surface area contributed by atoms with Gasteiger partial charge in [-0.3, -0.25) is 9.78 Å². The highest BCUT2D eigenvalue weighted by molar-refractivity contribution is 5.96. The molecule has 56 valence electrons. The first kappa shape index (κ1) is 6.30. The van der Waals surface area contributed by atoms with Crippen LogP contribution in [0.4, 0.5) is 0 Å². The molecule has 4 heteroatoms. The lowest BCUT2D eigenvalue weighted by atomic mass is 10.2. The maximum atomic E-state index is 10.9. The van der Waals surface area contributed by atoms with E-state index in [4.69, 9.17) is 0 Å². The van der Waals surface area contributed by atoms with Crippen molar-refractivity contribution in [3.8, 4) is 0 Å². The Hall–Kier alpha value is -1.42. The normalized spacial score (nSPS) is 21.2. The summed E-state index contributed by atoms with van der Waals surface area (Å²) in [6.07, 6.45) is 0.641. The first-order valence-electron chi connectivity index (χ1n) is 3.23. The van der Waals surface area contributed by atoms with E-state index in [1.54, 1.807) is 12.1 Å². The molecule has 0 aromatic carbocycles. The van der Waals surface area contributed by atoms with Crippen molar-refractivity contribution in [3.05, 3.63) is 29.6 Å². The lowest BCUT2D eigenvalue weighted by molar-refractivity contribution is 0.0848. The summed E-state index contributed by atoms with van der Waals surface area (Å²) in [4.78, 5) is 14.8. The second-order valence-electron chi connectivity index (χ2n) is 2.32. The number of carbonyl (C=O) groups is 1. The highest BCUT2D eigenvalue weighted by Crippen LogP contribution is 2.19. The van der Waals surface area contributed by atoms with Gasteiger partial charge in [0.05, 0.1) is 0 Å². The van der Waals surface area contributed by atoms with Crippen LogP contribution >= 0.6 is 0 Å². The molecule has 11 heavy (non-hydrogen) atoms. The molecule has 0 spiro atoms. The van der Waals surface area contributed by atoms with Crippen LogP contribution in [0.3, 0.4) is 0 Å². The quantitative estimate of drug-likeness (QED) is 0.539. The number of rotatable bonds is 0. The van der Waals surface area contributed by atoms with Gasteiger partial charge in [-0.05, 0) is 6.07 Å². The summed E-state index contributed by atoms with van der Waals surface area (Å²) in [7, 11) is 0. The third-order valence-corrected chi connectivity index (χ3v) is 1.62. The zero-order chi connectivity index (χ0) is 7.84. The van der Waals surface area contributed by atoms with Gasteiger partial charge in [0.15, 0.2) is 6.23 Å². The summed E-state index contributed by atoms with van der Waals surface area (Å²) in [5, 5.41) is 11.5. The predicted molar refractivity (Wildman–Crippen MR) is 36.7 cm³/mol. The second kappa shape index (κ2) is 2.03. The molecule has 2 heterocycles. The molecule has 1 aromatic heterocycles. The minimum Gasteiger partial charge on any atom is -0.369 e. The number of aliphatic hydroxyl groups is 1. The monoisotopic (exact) mass is 150 g/mol. The molecule has 0 aliphatic carbocycles.